The van der Waals surface area contributed by atoms with Gasteiger partial charge in [0.2, 0.25) is 0 Å². The fourth-order valence-electron chi connectivity index (χ4n) is 0.931. The molecular formula is C7H15ClSi. The normalized spacial score (nSPS) is 13.8. The van der Waals surface area contributed by atoms with E-state index >= 15 is 0 Å². The third-order valence-electron chi connectivity index (χ3n) is 1.72. The first kappa shape index (κ1) is 9.25. The Morgan fingerprint density at radius 3 is 2.11 bits per heavy atom. The van der Waals surface area contributed by atoms with E-state index in [1.807, 2.05) is 6.08 Å². The fourth-order valence-corrected chi connectivity index (χ4v) is 3.86. The first-order chi connectivity index (χ1) is 4.26. The van der Waals surface area contributed by atoms with E-state index in [1.54, 1.807) is 0 Å². The summed E-state index contributed by atoms with van der Waals surface area (Å²) in [4.78, 5) is 0. The van der Waals surface area contributed by atoms with Crippen molar-refractivity contribution in [1.29, 1.82) is 0 Å². The lowest BCUT2D eigenvalue weighted by Crippen LogP contribution is -2.21. The zero-order valence-corrected chi connectivity index (χ0v) is 8.14. The Hall–Kier alpha value is 0.247. The summed E-state index contributed by atoms with van der Waals surface area (Å²) >= 11 is 5.98. The number of halogens is 1. The van der Waals surface area contributed by atoms with Crippen molar-refractivity contribution in [2.75, 3.05) is 0 Å². The highest BCUT2D eigenvalue weighted by molar-refractivity contribution is 6.70. The lowest BCUT2D eigenvalue weighted by molar-refractivity contribution is 1.26. The Morgan fingerprint density at radius 1 is 1.56 bits per heavy atom. The van der Waals surface area contributed by atoms with Gasteiger partial charge in [0.25, 0.3) is 0 Å². The number of rotatable bonds is 4. The van der Waals surface area contributed by atoms with Crippen molar-refractivity contribution in [2.45, 2.75) is 30.9 Å². The second-order valence-electron chi connectivity index (χ2n) is 2.26. The number of alkyl halides is 1. The van der Waals surface area contributed by atoms with E-state index in [-0.39, 0.29) is 0 Å². The molecule has 0 radical (unpaired) electrons. The van der Waals surface area contributed by atoms with Gasteiger partial charge in [-0.25, -0.2) is 0 Å². The molecule has 0 rings (SSSR count). The van der Waals surface area contributed by atoms with Crippen molar-refractivity contribution in [1.82, 2.24) is 0 Å². The lowest BCUT2D eigenvalue weighted by Gasteiger charge is -2.12. The summed E-state index contributed by atoms with van der Waals surface area (Å²) in [5.41, 5.74) is 0. The van der Waals surface area contributed by atoms with Crippen molar-refractivity contribution >= 4 is 20.4 Å². The summed E-state index contributed by atoms with van der Waals surface area (Å²) in [5, 5.41) is 0.306. The molecule has 0 nitrogen and oxygen atoms in total. The average molecular weight is 163 g/mol. The molecular weight excluding hydrogens is 148 g/mol. The standard InChI is InChI=1S/C7H15ClSi/c1-4-7(8)9(5-2)6-3/h4,7,9H,1,5-6H2,2-3H3. The molecule has 0 aromatic carbocycles. The highest BCUT2D eigenvalue weighted by Gasteiger charge is 2.12. The first-order valence-corrected chi connectivity index (χ1v) is 6.26. The Labute approximate surface area is 64.5 Å². The van der Waals surface area contributed by atoms with Crippen LogP contribution in [0.5, 0.6) is 0 Å². The topological polar surface area (TPSA) is 0 Å². The van der Waals surface area contributed by atoms with Crippen LogP contribution in [0.2, 0.25) is 12.1 Å². The Bertz CT molecular complexity index is 79.0. The molecule has 0 amide bonds. The van der Waals surface area contributed by atoms with Gasteiger partial charge in [0.15, 0.2) is 0 Å². The molecule has 0 spiro atoms. The zero-order chi connectivity index (χ0) is 7.28. The van der Waals surface area contributed by atoms with Gasteiger partial charge in [0.05, 0.1) is 8.80 Å². The van der Waals surface area contributed by atoms with Crippen molar-refractivity contribution in [3.8, 4) is 0 Å². The molecule has 0 aromatic rings. The van der Waals surface area contributed by atoms with Crippen LogP contribution in [0.4, 0.5) is 0 Å². The molecule has 0 aromatic heterocycles. The molecule has 1 unspecified atom stereocenters. The summed E-state index contributed by atoms with van der Waals surface area (Å²) in [6, 6.07) is 2.58. The minimum atomic E-state index is -0.639. The van der Waals surface area contributed by atoms with E-state index in [2.05, 4.69) is 20.4 Å². The largest absolute Gasteiger partial charge is 0.123 e. The third kappa shape index (κ3) is 3.07. The molecule has 0 bridgehead atoms. The molecule has 0 aliphatic carbocycles. The molecule has 0 heterocycles. The molecule has 0 saturated heterocycles. The molecule has 1 atom stereocenters. The van der Waals surface area contributed by atoms with Crippen LogP contribution in [0.3, 0.4) is 0 Å². The maximum absolute atomic E-state index is 5.98. The molecule has 2 heteroatoms. The highest BCUT2D eigenvalue weighted by atomic mass is 35.5. The average Bonchev–Trinajstić information content (AvgIpc) is 1.90. The monoisotopic (exact) mass is 162 g/mol. The van der Waals surface area contributed by atoms with Gasteiger partial charge in [-0.1, -0.05) is 32.0 Å². The van der Waals surface area contributed by atoms with E-state index in [9.17, 15) is 0 Å². The van der Waals surface area contributed by atoms with Gasteiger partial charge in [-0.15, -0.1) is 18.2 Å². The predicted octanol–water partition coefficient (Wildman–Crippen LogP) is 2.59. The number of hydrogen-bond acceptors (Lipinski definition) is 0. The second-order valence-corrected chi connectivity index (χ2v) is 7.05. The van der Waals surface area contributed by atoms with E-state index in [4.69, 9.17) is 11.6 Å². The van der Waals surface area contributed by atoms with E-state index < -0.39 is 8.80 Å². The molecule has 0 saturated carbocycles. The quantitative estimate of drug-likeness (QED) is 0.339. The van der Waals surface area contributed by atoms with Gasteiger partial charge in [0.1, 0.15) is 0 Å². The molecule has 54 valence electrons. The van der Waals surface area contributed by atoms with Crippen LogP contribution in [0.25, 0.3) is 0 Å². The Balaban J connectivity index is 3.63. The van der Waals surface area contributed by atoms with Crippen LogP contribution in [0, 0.1) is 0 Å². The van der Waals surface area contributed by atoms with Crippen molar-refractivity contribution in [2.24, 2.45) is 0 Å². The van der Waals surface area contributed by atoms with E-state index in [1.165, 1.54) is 12.1 Å². The summed E-state index contributed by atoms with van der Waals surface area (Å²) in [7, 11) is -0.639. The van der Waals surface area contributed by atoms with Crippen molar-refractivity contribution < 1.29 is 0 Å². The van der Waals surface area contributed by atoms with Crippen LogP contribution in [-0.2, 0) is 0 Å². The smallest absolute Gasteiger partial charge is 0.0622 e. The molecule has 0 aliphatic heterocycles. The number of allylic oxidation sites excluding steroid dienone is 1. The van der Waals surface area contributed by atoms with Crippen LogP contribution >= 0.6 is 11.6 Å². The summed E-state index contributed by atoms with van der Waals surface area (Å²) in [6.07, 6.45) is 1.88. The lowest BCUT2D eigenvalue weighted by atomic mass is 10.7. The van der Waals surface area contributed by atoms with Gasteiger partial charge in [-0.2, -0.15) is 0 Å². The predicted molar refractivity (Wildman–Crippen MR) is 47.9 cm³/mol. The van der Waals surface area contributed by atoms with Crippen LogP contribution in [-0.4, -0.2) is 13.8 Å². The van der Waals surface area contributed by atoms with Crippen molar-refractivity contribution in [3.63, 3.8) is 0 Å². The molecule has 9 heavy (non-hydrogen) atoms. The van der Waals surface area contributed by atoms with Crippen molar-refractivity contribution in [3.05, 3.63) is 12.7 Å². The van der Waals surface area contributed by atoms with E-state index in [0.29, 0.717) is 5.00 Å². The fraction of sp³-hybridized carbons (Fsp3) is 0.714. The highest BCUT2D eigenvalue weighted by Crippen LogP contribution is 2.10. The van der Waals surface area contributed by atoms with E-state index in [0.717, 1.165) is 0 Å². The molecule has 0 aliphatic rings. The zero-order valence-electron chi connectivity index (χ0n) is 6.23. The third-order valence-corrected chi connectivity index (χ3v) is 6.24. The van der Waals surface area contributed by atoms with Crippen LogP contribution in [0.1, 0.15) is 13.8 Å². The van der Waals surface area contributed by atoms with Gasteiger partial charge in [-0.05, 0) is 0 Å². The minimum Gasteiger partial charge on any atom is -0.123 e. The maximum atomic E-state index is 5.98. The summed E-state index contributed by atoms with van der Waals surface area (Å²) in [5.74, 6) is 0. The van der Waals surface area contributed by atoms with Gasteiger partial charge in [-0.3, -0.25) is 0 Å². The van der Waals surface area contributed by atoms with Gasteiger partial charge in [0, 0.05) is 5.00 Å². The molecule has 0 fully saturated rings. The second kappa shape index (κ2) is 5.07. The Kier molecular flexibility index (Phi) is 5.20. The first-order valence-electron chi connectivity index (χ1n) is 3.52. The molecule has 0 N–H and O–H groups in total. The summed E-state index contributed by atoms with van der Waals surface area (Å²) < 4.78 is 0. The SMILES string of the molecule is C=CC(Cl)[SiH](CC)CC. The van der Waals surface area contributed by atoms with Crippen LogP contribution in [0.15, 0.2) is 12.7 Å². The maximum Gasteiger partial charge on any atom is 0.0622 e. The summed E-state index contributed by atoms with van der Waals surface area (Å²) in [6.45, 7) is 8.12. The Morgan fingerprint density at radius 2 is 2.00 bits per heavy atom. The number of hydrogen-bond donors (Lipinski definition) is 0. The van der Waals surface area contributed by atoms with Gasteiger partial charge < -0.3 is 0 Å². The minimum absolute atomic E-state index is 0.306. The van der Waals surface area contributed by atoms with Crippen LogP contribution < -0.4 is 0 Å². The van der Waals surface area contributed by atoms with Gasteiger partial charge >= 0.3 is 0 Å².